The van der Waals surface area contributed by atoms with Crippen molar-refractivity contribution in [2.45, 2.75) is 53.5 Å². The summed E-state index contributed by atoms with van der Waals surface area (Å²) in [7, 11) is 1.80. The van der Waals surface area contributed by atoms with Crippen molar-refractivity contribution in [1.82, 2.24) is 14.5 Å². The van der Waals surface area contributed by atoms with Crippen molar-refractivity contribution in [1.29, 1.82) is 0 Å². The Morgan fingerprint density at radius 3 is 2.34 bits per heavy atom. The molecule has 5 nitrogen and oxygen atoms in total. The molecule has 0 aliphatic carbocycles. The van der Waals surface area contributed by atoms with Gasteiger partial charge in [0.25, 0.3) is 5.56 Å². The molecule has 0 aliphatic rings. The van der Waals surface area contributed by atoms with Crippen LogP contribution in [0, 0.1) is 11.3 Å². The van der Waals surface area contributed by atoms with E-state index in [0.29, 0.717) is 23.1 Å². The fraction of sp³-hybridized carbons (Fsp3) is 0.423. The number of halogens is 1. The van der Waals surface area contributed by atoms with E-state index >= 15 is 0 Å². The first-order valence-electron chi connectivity index (χ1n) is 11.0. The summed E-state index contributed by atoms with van der Waals surface area (Å²) in [5.41, 5.74) is 1.39. The Labute approximate surface area is 198 Å². The summed E-state index contributed by atoms with van der Waals surface area (Å²) in [6, 6.07) is 14.5. The van der Waals surface area contributed by atoms with Crippen LogP contribution in [-0.4, -0.2) is 27.4 Å². The lowest BCUT2D eigenvalue weighted by atomic mass is 9.84. The highest BCUT2D eigenvalue weighted by Gasteiger charge is 2.26. The Balaban J connectivity index is 2.02. The van der Waals surface area contributed by atoms with Crippen LogP contribution in [0.25, 0.3) is 16.6 Å². The van der Waals surface area contributed by atoms with Gasteiger partial charge in [-0.15, -0.1) is 0 Å². The van der Waals surface area contributed by atoms with Crippen LogP contribution in [0.4, 0.5) is 0 Å². The minimum atomic E-state index is -0.370. The number of nitrogens with zero attached hydrogens (tertiary/aromatic N) is 3. The normalized spacial score (nSPS) is 13.7. The second kappa shape index (κ2) is 9.57. The third-order valence-corrected chi connectivity index (χ3v) is 6.25. The molecule has 2 aromatic carbocycles. The molecular formula is C26H32BrN3O2. The minimum Gasteiger partial charge on any atom is -0.336 e. The van der Waals surface area contributed by atoms with Crippen molar-refractivity contribution in [3.05, 3.63) is 69.2 Å². The van der Waals surface area contributed by atoms with Gasteiger partial charge < -0.3 is 4.90 Å². The smallest absolute Gasteiger partial charge is 0.266 e. The molecule has 0 saturated carbocycles. The van der Waals surface area contributed by atoms with Crippen LogP contribution in [0.1, 0.15) is 59.3 Å². The van der Waals surface area contributed by atoms with Gasteiger partial charge in [0.1, 0.15) is 5.82 Å². The second-order valence-electron chi connectivity index (χ2n) is 9.86. The van der Waals surface area contributed by atoms with Crippen molar-refractivity contribution >= 4 is 32.7 Å². The van der Waals surface area contributed by atoms with Gasteiger partial charge in [0.05, 0.1) is 22.6 Å². The number of amides is 1. The van der Waals surface area contributed by atoms with Gasteiger partial charge in [0.2, 0.25) is 5.91 Å². The standard InChI is InChI=1S/C26H32BrN3O2/c1-17(16-26(3,4)5)15-23(31)29(6)18(2)24-28-22-10-8-7-9-21(22)25(32)30(24)20-13-11-19(27)12-14-20/h7-14,17-18H,15-16H2,1-6H3. The van der Waals surface area contributed by atoms with Gasteiger partial charge in [0.15, 0.2) is 0 Å². The maximum Gasteiger partial charge on any atom is 0.266 e. The van der Waals surface area contributed by atoms with E-state index in [2.05, 4.69) is 43.6 Å². The second-order valence-corrected chi connectivity index (χ2v) is 10.8. The van der Waals surface area contributed by atoms with E-state index in [-0.39, 0.29) is 28.8 Å². The van der Waals surface area contributed by atoms with E-state index in [4.69, 9.17) is 4.98 Å². The summed E-state index contributed by atoms with van der Waals surface area (Å²) < 4.78 is 2.56. The Morgan fingerprint density at radius 2 is 1.72 bits per heavy atom. The lowest BCUT2D eigenvalue weighted by Gasteiger charge is -2.29. The Morgan fingerprint density at radius 1 is 1.09 bits per heavy atom. The summed E-state index contributed by atoms with van der Waals surface area (Å²) in [5, 5.41) is 0.555. The van der Waals surface area contributed by atoms with Gasteiger partial charge in [-0.2, -0.15) is 0 Å². The number of carbonyl (C=O) groups is 1. The number of hydrogen-bond acceptors (Lipinski definition) is 3. The zero-order valence-corrected chi connectivity index (χ0v) is 21.3. The monoisotopic (exact) mass is 497 g/mol. The molecule has 0 spiro atoms. The molecule has 6 heteroatoms. The van der Waals surface area contributed by atoms with E-state index in [0.717, 1.165) is 16.6 Å². The zero-order chi connectivity index (χ0) is 23.6. The predicted molar refractivity (Wildman–Crippen MR) is 134 cm³/mol. The zero-order valence-electron chi connectivity index (χ0n) is 19.7. The summed E-state index contributed by atoms with van der Waals surface area (Å²) in [4.78, 5) is 33.1. The van der Waals surface area contributed by atoms with E-state index < -0.39 is 0 Å². The fourth-order valence-electron chi connectivity index (χ4n) is 4.22. The van der Waals surface area contributed by atoms with Crippen molar-refractivity contribution in [3.63, 3.8) is 0 Å². The number of carbonyl (C=O) groups excluding carboxylic acids is 1. The molecule has 0 bridgehead atoms. The lowest BCUT2D eigenvalue weighted by Crippen LogP contribution is -2.35. The van der Waals surface area contributed by atoms with Crippen LogP contribution in [0.5, 0.6) is 0 Å². The molecule has 3 aromatic rings. The number of rotatable bonds is 6. The van der Waals surface area contributed by atoms with Gasteiger partial charge in [-0.25, -0.2) is 4.98 Å². The maximum atomic E-state index is 13.5. The first kappa shape index (κ1) is 24.2. The largest absolute Gasteiger partial charge is 0.336 e. The topological polar surface area (TPSA) is 55.2 Å². The quantitative estimate of drug-likeness (QED) is 0.411. The summed E-state index contributed by atoms with van der Waals surface area (Å²) in [5.74, 6) is 0.879. The molecule has 0 fully saturated rings. The third kappa shape index (κ3) is 5.47. The summed E-state index contributed by atoms with van der Waals surface area (Å²) in [6.07, 6.45) is 1.44. The van der Waals surface area contributed by atoms with Gasteiger partial charge in [0, 0.05) is 17.9 Å². The molecule has 1 heterocycles. The molecule has 0 radical (unpaired) electrons. The first-order valence-corrected chi connectivity index (χ1v) is 11.8. The highest BCUT2D eigenvalue weighted by Crippen LogP contribution is 2.28. The first-order chi connectivity index (χ1) is 15.0. The summed E-state index contributed by atoms with van der Waals surface area (Å²) >= 11 is 3.45. The summed E-state index contributed by atoms with van der Waals surface area (Å²) in [6.45, 7) is 10.6. The molecule has 0 saturated heterocycles. The predicted octanol–water partition coefficient (Wildman–Crippen LogP) is 6.13. The Hall–Kier alpha value is -2.47. The van der Waals surface area contributed by atoms with E-state index in [1.54, 1.807) is 22.6 Å². The van der Waals surface area contributed by atoms with Crippen LogP contribution in [-0.2, 0) is 4.79 Å². The van der Waals surface area contributed by atoms with Gasteiger partial charge in [-0.1, -0.05) is 55.8 Å². The average Bonchev–Trinajstić information content (AvgIpc) is 2.72. The van der Waals surface area contributed by atoms with Gasteiger partial charge in [-0.3, -0.25) is 14.2 Å². The lowest BCUT2D eigenvalue weighted by molar-refractivity contribution is -0.133. The molecule has 2 unspecified atom stereocenters. The van der Waals surface area contributed by atoms with Crippen LogP contribution < -0.4 is 5.56 Å². The Kier molecular flexibility index (Phi) is 7.23. The molecule has 2 atom stereocenters. The maximum absolute atomic E-state index is 13.5. The molecule has 0 N–H and O–H groups in total. The number of aromatic nitrogens is 2. The van der Waals surface area contributed by atoms with Crippen LogP contribution in [0.2, 0.25) is 0 Å². The van der Waals surface area contributed by atoms with Gasteiger partial charge >= 0.3 is 0 Å². The van der Waals surface area contributed by atoms with E-state index in [9.17, 15) is 9.59 Å². The molecule has 0 aliphatic heterocycles. The average molecular weight is 498 g/mol. The minimum absolute atomic E-state index is 0.0546. The molecular weight excluding hydrogens is 466 g/mol. The van der Waals surface area contributed by atoms with E-state index in [1.165, 1.54) is 0 Å². The SMILES string of the molecule is CC(CC(=O)N(C)C(C)c1nc2ccccc2c(=O)n1-c1ccc(Br)cc1)CC(C)(C)C. The fourth-order valence-corrected chi connectivity index (χ4v) is 4.48. The van der Waals surface area contributed by atoms with Crippen LogP contribution in [0.3, 0.4) is 0 Å². The van der Waals surface area contributed by atoms with Crippen molar-refractivity contribution in [3.8, 4) is 5.69 Å². The Bertz CT molecular complexity index is 1160. The van der Waals surface area contributed by atoms with Crippen LogP contribution >= 0.6 is 15.9 Å². The van der Waals surface area contributed by atoms with Crippen molar-refractivity contribution in [2.24, 2.45) is 11.3 Å². The number of benzene rings is 2. The number of fused-ring (bicyclic) bond motifs is 1. The molecule has 32 heavy (non-hydrogen) atoms. The third-order valence-electron chi connectivity index (χ3n) is 5.72. The number of hydrogen-bond donors (Lipinski definition) is 0. The van der Waals surface area contributed by atoms with Gasteiger partial charge in [-0.05, 0) is 61.1 Å². The molecule has 3 rings (SSSR count). The van der Waals surface area contributed by atoms with Crippen molar-refractivity contribution < 1.29 is 4.79 Å². The highest BCUT2D eigenvalue weighted by molar-refractivity contribution is 9.10. The van der Waals surface area contributed by atoms with E-state index in [1.807, 2.05) is 49.4 Å². The number of para-hydroxylation sites is 1. The van der Waals surface area contributed by atoms with Crippen molar-refractivity contribution in [2.75, 3.05) is 7.05 Å². The molecule has 1 amide bonds. The highest BCUT2D eigenvalue weighted by atomic mass is 79.9. The molecule has 170 valence electrons. The van der Waals surface area contributed by atoms with Crippen LogP contribution in [0.15, 0.2) is 57.8 Å². The molecule has 1 aromatic heterocycles.